The third kappa shape index (κ3) is 3.67. The number of ether oxygens (including phenoxy) is 1. The molecule has 0 radical (unpaired) electrons. The number of benzene rings is 1. The summed E-state index contributed by atoms with van der Waals surface area (Å²) in [5.41, 5.74) is 0.668. The van der Waals surface area contributed by atoms with Crippen molar-refractivity contribution < 1.29 is 14.3 Å². The highest BCUT2D eigenvalue weighted by Gasteiger charge is 2.35. The van der Waals surface area contributed by atoms with Crippen LogP contribution in [-0.4, -0.2) is 37.1 Å². The molecule has 118 valence electrons. The maximum atomic E-state index is 12.4. The highest BCUT2D eigenvalue weighted by Crippen LogP contribution is 2.28. The Kier molecular flexibility index (Phi) is 5.57. The summed E-state index contributed by atoms with van der Waals surface area (Å²) in [6, 6.07) is 6.62. The number of para-hydroxylation sites is 1. The van der Waals surface area contributed by atoms with Crippen LogP contribution in [0, 0.1) is 0 Å². The number of rotatable bonds is 6. The first-order chi connectivity index (χ1) is 10.5. The van der Waals surface area contributed by atoms with Crippen LogP contribution in [0.25, 0.3) is 0 Å². The molecule has 1 heterocycles. The van der Waals surface area contributed by atoms with Gasteiger partial charge in [-0.15, -0.1) is 6.58 Å². The lowest BCUT2D eigenvalue weighted by Crippen LogP contribution is -2.45. The summed E-state index contributed by atoms with van der Waals surface area (Å²) in [6.45, 7) is 5.99. The molecule has 0 aliphatic carbocycles. The molecule has 1 fully saturated rings. The molecular formula is C16H19ClN2O3. The van der Waals surface area contributed by atoms with Crippen molar-refractivity contribution >= 4 is 29.1 Å². The van der Waals surface area contributed by atoms with E-state index in [0.717, 1.165) is 0 Å². The largest absolute Gasteiger partial charge is 0.365 e. The van der Waals surface area contributed by atoms with Gasteiger partial charge in [-0.25, -0.2) is 0 Å². The average Bonchev–Trinajstić information content (AvgIpc) is 2.86. The van der Waals surface area contributed by atoms with Crippen LogP contribution in [0.15, 0.2) is 36.9 Å². The second-order valence-corrected chi connectivity index (χ2v) is 5.46. The van der Waals surface area contributed by atoms with Gasteiger partial charge in [-0.2, -0.15) is 0 Å². The molecule has 0 aromatic heterocycles. The number of nitrogens with zero attached hydrogens (tertiary/aromatic N) is 1. The van der Waals surface area contributed by atoms with Gasteiger partial charge in [0.05, 0.1) is 17.3 Å². The molecule has 2 rings (SSSR count). The third-order valence-corrected chi connectivity index (χ3v) is 3.82. The van der Waals surface area contributed by atoms with Crippen molar-refractivity contribution in [2.75, 3.05) is 18.1 Å². The number of amides is 2. The van der Waals surface area contributed by atoms with E-state index in [1.54, 1.807) is 30.0 Å². The SMILES string of the molecule is C=CCO[C@H](C)C(=O)N[C@H]1CCN(c2ccccc2Cl)C1=O. The lowest BCUT2D eigenvalue weighted by molar-refractivity contribution is -0.134. The number of halogens is 1. The number of hydrogen-bond donors (Lipinski definition) is 1. The summed E-state index contributed by atoms with van der Waals surface area (Å²) in [5.74, 6) is -0.460. The lowest BCUT2D eigenvalue weighted by atomic mass is 10.2. The van der Waals surface area contributed by atoms with Crippen LogP contribution in [0.4, 0.5) is 5.69 Å². The van der Waals surface area contributed by atoms with Gasteiger partial charge in [0.2, 0.25) is 11.8 Å². The molecule has 1 aromatic carbocycles. The molecule has 22 heavy (non-hydrogen) atoms. The molecule has 6 heteroatoms. The smallest absolute Gasteiger partial charge is 0.249 e. The van der Waals surface area contributed by atoms with E-state index in [1.165, 1.54) is 0 Å². The van der Waals surface area contributed by atoms with Crippen LogP contribution in [0.2, 0.25) is 5.02 Å². The van der Waals surface area contributed by atoms with Crippen LogP contribution >= 0.6 is 11.6 Å². The Hall–Kier alpha value is -1.85. The lowest BCUT2D eigenvalue weighted by Gasteiger charge is -2.19. The summed E-state index contributed by atoms with van der Waals surface area (Å²) < 4.78 is 5.25. The molecule has 2 amide bonds. The van der Waals surface area contributed by atoms with Crippen LogP contribution in [0.3, 0.4) is 0 Å². The normalized spacial score (nSPS) is 19.1. The molecule has 1 saturated heterocycles. The zero-order valence-electron chi connectivity index (χ0n) is 12.4. The van der Waals surface area contributed by atoms with Gasteiger partial charge in [0.15, 0.2) is 0 Å². The van der Waals surface area contributed by atoms with Crippen molar-refractivity contribution in [3.8, 4) is 0 Å². The fourth-order valence-corrected chi connectivity index (χ4v) is 2.54. The van der Waals surface area contributed by atoms with Gasteiger partial charge in [0.1, 0.15) is 12.1 Å². The molecule has 0 saturated carbocycles. The van der Waals surface area contributed by atoms with Gasteiger partial charge in [-0.05, 0) is 25.5 Å². The highest BCUT2D eigenvalue weighted by atomic mass is 35.5. The Morgan fingerprint density at radius 1 is 1.59 bits per heavy atom. The molecular weight excluding hydrogens is 304 g/mol. The standard InChI is InChI=1S/C16H19ClN2O3/c1-3-10-22-11(2)15(20)18-13-8-9-19(16(13)21)14-7-5-4-6-12(14)17/h3-7,11,13H,1,8-10H2,2H3,(H,18,20)/t11-,13+/m1/s1. The van der Waals surface area contributed by atoms with Crippen molar-refractivity contribution in [1.29, 1.82) is 0 Å². The molecule has 5 nitrogen and oxygen atoms in total. The zero-order valence-corrected chi connectivity index (χ0v) is 13.2. The van der Waals surface area contributed by atoms with Gasteiger partial charge in [-0.3, -0.25) is 9.59 Å². The van der Waals surface area contributed by atoms with E-state index in [-0.39, 0.29) is 11.8 Å². The molecule has 1 aliphatic rings. The van der Waals surface area contributed by atoms with E-state index in [9.17, 15) is 9.59 Å². The van der Waals surface area contributed by atoms with E-state index in [0.29, 0.717) is 30.3 Å². The van der Waals surface area contributed by atoms with Gasteiger partial charge >= 0.3 is 0 Å². The topological polar surface area (TPSA) is 58.6 Å². The van der Waals surface area contributed by atoms with Crippen molar-refractivity contribution in [2.45, 2.75) is 25.5 Å². The zero-order chi connectivity index (χ0) is 16.1. The fraction of sp³-hybridized carbons (Fsp3) is 0.375. The minimum absolute atomic E-state index is 0.155. The number of anilines is 1. The summed E-state index contributed by atoms with van der Waals surface area (Å²) in [6.07, 6.45) is 1.49. The van der Waals surface area contributed by atoms with E-state index < -0.39 is 12.1 Å². The Morgan fingerprint density at radius 2 is 2.32 bits per heavy atom. The van der Waals surface area contributed by atoms with Crippen LogP contribution < -0.4 is 10.2 Å². The molecule has 1 aliphatic heterocycles. The Morgan fingerprint density at radius 3 is 3.00 bits per heavy atom. The van der Waals surface area contributed by atoms with Gasteiger partial charge in [-0.1, -0.05) is 29.8 Å². The van der Waals surface area contributed by atoms with Gasteiger partial charge in [0.25, 0.3) is 0 Å². The van der Waals surface area contributed by atoms with Crippen molar-refractivity contribution in [3.63, 3.8) is 0 Å². The predicted octanol–water partition coefficient (Wildman–Crippen LogP) is 2.15. The highest BCUT2D eigenvalue weighted by molar-refractivity contribution is 6.34. The van der Waals surface area contributed by atoms with Crippen molar-refractivity contribution in [2.24, 2.45) is 0 Å². The summed E-state index contributed by atoms with van der Waals surface area (Å²) in [5, 5.41) is 3.24. The second-order valence-electron chi connectivity index (χ2n) is 5.06. The van der Waals surface area contributed by atoms with Crippen LogP contribution in [0.1, 0.15) is 13.3 Å². The fourth-order valence-electron chi connectivity index (χ4n) is 2.30. The van der Waals surface area contributed by atoms with E-state index in [4.69, 9.17) is 16.3 Å². The van der Waals surface area contributed by atoms with Crippen molar-refractivity contribution in [1.82, 2.24) is 5.32 Å². The second kappa shape index (κ2) is 7.42. The Bertz CT molecular complexity index is 576. The van der Waals surface area contributed by atoms with Crippen LogP contribution in [-0.2, 0) is 14.3 Å². The van der Waals surface area contributed by atoms with Crippen LogP contribution in [0.5, 0.6) is 0 Å². The van der Waals surface area contributed by atoms with Gasteiger partial charge in [0, 0.05) is 6.54 Å². The molecule has 0 spiro atoms. The quantitative estimate of drug-likeness (QED) is 0.816. The van der Waals surface area contributed by atoms with E-state index >= 15 is 0 Å². The number of hydrogen-bond acceptors (Lipinski definition) is 3. The first kappa shape index (κ1) is 16.5. The number of nitrogens with one attached hydrogen (secondary N) is 1. The molecule has 2 atom stereocenters. The Balaban J connectivity index is 1.98. The maximum Gasteiger partial charge on any atom is 0.249 e. The number of carbonyl (C=O) groups is 2. The Labute approximate surface area is 134 Å². The maximum absolute atomic E-state index is 12.4. The van der Waals surface area contributed by atoms with Crippen molar-refractivity contribution in [3.05, 3.63) is 41.9 Å². The molecule has 0 unspecified atom stereocenters. The minimum Gasteiger partial charge on any atom is -0.365 e. The first-order valence-electron chi connectivity index (χ1n) is 7.13. The van der Waals surface area contributed by atoms with E-state index in [2.05, 4.69) is 11.9 Å². The summed E-state index contributed by atoms with van der Waals surface area (Å²) in [7, 11) is 0. The molecule has 1 N–H and O–H groups in total. The number of carbonyl (C=O) groups excluding carboxylic acids is 2. The molecule has 0 bridgehead atoms. The first-order valence-corrected chi connectivity index (χ1v) is 7.51. The minimum atomic E-state index is -0.625. The molecule has 1 aromatic rings. The summed E-state index contributed by atoms with van der Waals surface area (Å²) in [4.78, 5) is 26.0. The average molecular weight is 323 g/mol. The monoisotopic (exact) mass is 322 g/mol. The third-order valence-electron chi connectivity index (χ3n) is 3.50. The summed E-state index contributed by atoms with van der Waals surface area (Å²) >= 11 is 6.12. The van der Waals surface area contributed by atoms with Gasteiger partial charge < -0.3 is 15.0 Å². The predicted molar refractivity (Wildman–Crippen MR) is 86.0 cm³/mol. The van der Waals surface area contributed by atoms with E-state index in [1.807, 2.05) is 12.1 Å².